The van der Waals surface area contributed by atoms with Crippen molar-refractivity contribution in [1.29, 1.82) is 0 Å². The number of aromatic carboxylic acids is 1. The first-order valence-electron chi connectivity index (χ1n) is 6.15. The Morgan fingerprint density at radius 2 is 2.15 bits per heavy atom. The summed E-state index contributed by atoms with van der Waals surface area (Å²) >= 11 is 1.64. The lowest BCUT2D eigenvalue weighted by Crippen LogP contribution is -1.94. The molecule has 0 bridgehead atoms. The molecule has 2 aromatic heterocycles. The largest absolute Gasteiger partial charge is 0.476 e. The molecule has 0 saturated carbocycles. The Morgan fingerprint density at radius 1 is 1.35 bits per heavy atom. The van der Waals surface area contributed by atoms with Gasteiger partial charge in [-0.2, -0.15) is 0 Å². The zero-order valence-corrected chi connectivity index (χ0v) is 11.8. The Labute approximate surface area is 118 Å². The molecule has 6 heteroatoms. The van der Waals surface area contributed by atoms with E-state index in [1.54, 1.807) is 11.3 Å². The third kappa shape index (κ3) is 2.18. The van der Waals surface area contributed by atoms with Crippen molar-refractivity contribution in [1.82, 2.24) is 10.1 Å². The Kier molecular flexibility index (Phi) is 3.02. The van der Waals surface area contributed by atoms with E-state index >= 15 is 0 Å². The van der Waals surface area contributed by atoms with E-state index in [-0.39, 0.29) is 5.69 Å². The summed E-state index contributed by atoms with van der Waals surface area (Å²) in [6.07, 6.45) is 0. The highest BCUT2D eigenvalue weighted by Gasteiger charge is 2.14. The summed E-state index contributed by atoms with van der Waals surface area (Å²) in [6, 6.07) is 7.15. The van der Waals surface area contributed by atoms with Gasteiger partial charge < -0.3 is 9.63 Å². The Morgan fingerprint density at radius 3 is 2.80 bits per heavy atom. The molecule has 5 nitrogen and oxygen atoms in total. The summed E-state index contributed by atoms with van der Waals surface area (Å²) in [5, 5.41) is 13.5. The van der Waals surface area contributed by atoms with Gasteiger partial charge in [-0.3, -0.25) is 0 Å². The van der Waals surface area contributed by atoms with Crippen LogP contribution in [0.5, 0.6) is 0 Å². The van der Waals surface area contributed by atoms with Crippen LogP contribution in [0.15, 0.2) is 28.8 Å². The van der Waals surface area contributed by atoms with Gasteiger partial charge in [0.05, 0.1) is 15.2 Å². The maximum absolute atomic E-state index is 10.8. The van der Waals surface area contributed by atoms with Crippen molar-refractivity contribution < 1.29 is 14.4 Å². The van der Waals surface area contributed by atoms with Gasteiger partial charge in [-0.05, 0) is 18.2 Å². The van der Waals surface area contributed by atoms with Crippen molar-refractivity contribution in [2.45, 2.75) is 19.8 Å². The van der Waals surface area contributed by atoms with Gasteiger partial charge in [0.25, 0.3) is 0 Å². The van der Waals surface area contributed by atoms with Gasteiger partial charge in [0.2, 0.25) is 0 Å². The molecular formula is C14H12N2O3S. The SMILES string of the molecule is CC(C)c1nc2ccc(-c3cc(C(=O)O)no3)cc2s1. The summed E-state index contributed by atoms with van der Waals surface area (Å²) in [5.74, 6) is -0.260. The molecule has 0 amide bonds. The molecule has 1 N–H and O–H groups in total. The minimum atomic E-state index is -1.10. The smallest absolute Gasteiger partial charge is 0.358 e. The molecular weight excluding hydrogens is 276 g/mol. The predicted molar refractivity (Wildman–Crippen MR) is 76.2 cm³/mol. The van der Waals surface area contributed by atoms with Crippen LogP contribution >= 0.6 is 11.3 Å². The van der Waals surface area contributed by atoms with E-state index in [0.29, 0.717) is 11.7 Å². The number of aromatic nitrogens is 2. The molecule has 0 radical (unpaired) electrons. The molecule has 0 aliphatic heterocycles. The topological polar surface area (TPSA) is 76.2 Å². The Balaban J connectivity index is 2.05. The lowest BCUT2D eigenvalue weighted by atomic mass is 10.1. The van der Waals surface area contributed by atoms with Gasteiger partial charge >= 0.3 is 5.97 Å². The van der Waals surface area contributed by atoms with Gasteiger partial charge in [0.15, 0.2) is 11.5 Å². The number of carbonyl (C=O) groups is 1. The van der Waals surface area contributed by atoms with E-state index in [1.165, 1.54) is 6.07 Å². The first kappa shape index (κ1) is 12.8. The number of hydrogen-bond acceptors (Lipinski definition) is 5. The van der Waals surface area contributed by atoms with E-state index in [0.717, 1.165) is 20.8 Å². The molecule has 0 fully saturated rings. The number of thiazole rings is 1. The second-order valence-electron chi connectivity index (χ2n) is 4.77. The van der Waals surface area contributed by atoms with Crippen LogP contribution in [0, 0.1) is 0 Å². The van der Waals surface area contributed by atoms with E-state index in [1.807, 2.05) is 18.2 Å². The van der Waals surface area contributed by atoms with E-state index < -0.39 is 5.97 Å². The number of fused-ring (bicyclic) bond motifs is 1. The van der Waals surface area contributed by atoms with Crippen LogP contribution in [0.1, 0.15) is 35.3 Å². The summed E-state index contributed by atoms with van der Waals surface area (Å²) in [5.41, 5.74) is 1.66. The number of rotatable bonds is 3. The Bertz CT molecular complexity index is 789. The zero-order valence-electron chi connectivity index (χ0n) is 11.0. The van der Waals surface area contributed by atoms with Crippen molar-refractivity contribution >= 4 is 27.5 Å². The second-order valence-corrected chi connectivity index (χ2v) is 5.83. The number of hydrogen-bond donors (Lipinski definition) is 1. The first-order chi connectivity index (χ1) is 9.54. The Hall–Kier alpha value is -2.21. The molecule has 0 aliphatic rings. The average molecular weight is 288 g/mol. The fraction of sp³-hybridized carbons (Fsp3) is 0.214. The highest BCUT2D eigenvalue weighted by molar-refractivity contribution is 7.18. The molecule has 0 spiro atoms. The standard InChI is InChI=1S/C14H12N2O3S/c1-7(2)13-15-9-4-3-8(5-12(9)20-13)11-6-10(14(17)18)16-19-11/h3-7H,1-2H3,(H,17,18). The number of carboxylic acids is 1. The lowest BCUT2D eigenvalue weighted by molar-refractivity contribution is 0.0686. The van der Waals surface area contributed by atoms with Crippen LogP contribution in [0.25, 0.3) is 21.5 Å². The molecule has 0 atom stereocenters. The van der Waals surface area contributed by atoms with Crippen molar-refractivity contribution in [3.8, 4) is 11.3 Å². The summed E-state index contributed by atoms with van der Waals surface area (Å²) in [4.78, 5) is 15.4. The monoisotopic (exact) mass is 288 g/mol. The van der Waals surface area contributed by atoms with E-state index in [9.17, 15) is 4.79 Å². The molecule has 0 aliphatic carbocycles. The maximum Gasteiger partial charge on any atom is 0.358 e. The number of nitrogens with zero attached hydrogens (tertiary/aromatic N) is 2. The minimum absolute atomic E-state index is 0.0905. The third-order valence-electron chi connectivity index (χ3n) is 2.91. The highest BCUT2D eigenvalue weighted by Crippen LogP contribution is 2.31. The molecule has 102 valence electrons. The van der Waals surface area contributed by atoms with Crippen LogP contribution in [0.4, 0.5) is 0 Å². The van der Waals surface area contributed by atoms with Gasteiger partial charge in [-0.1, -0.05) is 19.0 Å². The van der Waals surface area contributed by atoms with Crippen molar-refractivity contribution in [3.05, 3.63) is 35.0 Å². The third-order valence-corrected chi connectivity index (χ3v) is 4.23. The van der Waals surface area contributed by atoms with Gasteiger partial charge in [0.1, 0.15) is 0 Å². The number of benzene rings is 1. The van der Waals surface area contributed by atoms with E-state index in [4.69, 9.17) is 9.63 Å². The first-order valence-corrected chi connectivity index (χ1v) is 6.97. The fourth-order valence-electron chi connectivity index (χ4n) is 1.85. The average Bonchev–Trinajstić information content (AvgIpc) is 3.04. The van der Waals surface area contributed by atoms with Gasteiger partial charge in [-0.15, -0.1) is 11.3 Å². The molecule has 1 aromatic carbocycles. The highest BCUT2D eigenvalue weighted by atomic mass is 32.1. The molecule has 2 heterocycles. The summed E-state index contributed by atoms with van der Waals surface area (Å²) < 4.78 is 6.12. The normalized spacial score (nSPS) is 11.3. The van der Waals surface area contributed by atoms with Crippen LogP contribution in [-0.4, -0.2) is 21.2 Å². The van der Waals surface area contributed by atoms with Crippen molar-refractivity contribution in [2.24, 2.45) is 0 Å². The zero-order chi connectivity index (χ0) is 14.3. The summed E-state index contributed by atoms with van der Waals surface area (Å²) in [7, 11) is 0. The van der Waals surface area contributed by atoms with Crippen molar-refractivity contribution in [3.63, 3.8) is 0 Å². The van der Waals surface area contributed by atoms with Crippen LogP contribution in [0.2, 0.25) is 0 Å². The van der Waals surface area contributed by atoms with Gasteiger partial charge in [-0.25, -0.2) is 9.78 Å². The number of carboxylic acid groups (broad SMARTS) is 1. The van der Waals surface area contributed by atoms with Crippen LogP contribution < -0.4 is 0 Å². The lowest BCUT2D eigenvalue weighted by Gasteiger charge is -1.94. The predicted octanol–water partition coefficient (Wildman–Crippen LogP) is 3.77. The summed E-state index contributed by atoms with van der Waals surface area (Å²) in [6.45, 7) is 4.21. The van der Waals surface area contributed by atoms with Crippen LogP contribution in [0.3, 0.4) is 0 Å². The minimum Gasteiger partial charge on any atom is -0.476 e. The van der Waals surface area contributed by atoms with Crippen molar-refractivity contribution in [2.75, 3.05) is 0 Å². The molecule has 0 saturated heterocycles. The van der Waals surface area contributed by atoms with Crippen LogP contribution in [-0.2, 0) is 0 Å². The van der Waals surface area contributed by atoms with Gasteiger partial charge in [0, 0.05) is 17.5 Å². The quantitative estimate of drug-likeness (QED) is 0.793. The second kappa shape index (κ2) is 4.72. The maximum atomic E-state index is 10.8. The molecule has 20 heavy (non-hydrogen) atoms. The molecule has 3 aromatic rings. The molecule has 0 unspecified atom stereocenters. The molecule has 3 rings (SSSR count). The fourth-order valence-corrected chi connectivity index (χ4v) is 2.86. The van der Waals surface area contributed by atoms with E-state index in [2.05, 4.69) is 24.0 Å².